The van der Waals surface area contributed by atoms with Crippen molar-refractivity contribution in [2.75, 3.05) is 26.0 Å². The molecule has 1 atom stereocenters. The molecule has 5 heteroatoms. The zero-order valence-electron chi connectivity index (χ0n) is 11.3. The summed E-state index contributed by atoms with van der Waals surface area (Å²) in [4.78, 5) is 18.2. The molecule has 0 aromatic carbocycles. The van der Waals surface area contributed by atoms with E-state index in [0.29, 0.717) is 18.4 Å². The van der Waals surface area contributed by atoms with E-state index in [4.69, 9.17) is 0 Å². The Kier molecular flexibility index (Phi) is 4.69. The molecule has 1 rings (SSSR count). The van der Waals surface area contributed by atoms with Gasteiger partial charge in [-0.25, -0.2) is 4.98 Å². The van der Waals surface area contributed by atoms with E-state index in [1.165, 1.54) is 0 Å². The molecule has 0 radical (unpaired) electrons. The van der Waals surface area contributed by atoms with Gasteiger partial charge in [-0.15, -0.1) is 0 Å². The summed E-state index contributed by atoms with van der Waals surface area (Å²) in [6, 6.07) is 0.501. The summed E-state index contributed by atoms with van der Waals surface area (Å²) in [6.07, 6.45) is 3.37. The highest BCUT2D eigenvalue weighted by Gasteiger charge is 2.09. The van der Waals surface area contributed by atoms with Crippen LogP contribution >= 0.6 is 0 Å². The van der Waals surface area contributed by atoms with Crippen LogP contribution in [-0.4, -0.2) is 41.1 Å². The van der Waals surface area contributed by atoms with Crippen LogP contribution in [0, 0.1) is 0 Å². The van der Waals surface area contributed by atoms with Gasteiger partial charge in [0, 0.05) is 31.0 Å². The first-order valence-electron chi connectivity index (χ1n) is 5.91. The minimum Gasteiger partial charge on any atom is -0.364 e. The van der Waals surface area contributed by atoms with Crippen LogP contribution in [0.25, 0.3) is 0 Å². The third-order valence-corrected chi connectivity index (χ3v) is 2.87. The lowest BCUT2D eigenvalue weighted by Crippen LogP contribution is -2.34. The molecule has 0 bridgehead atoms. The predicted molar refractivity (Wildman–Crippen MR) is 70.5 cm³/mol. The Balaban J connectivity index is 2.79. The lowest BCUT2D eigenvalue weighted by molar-refractivity contribution is 0.326. The second-order valence-electron chi connectivity index (χ2n) is 4.78. The maximum absolute atomic E-state index is 12.0. The Morgan fingerprint density at radius 1 is 1.41 bits per heavy atom. The summed E-state index contributed by atoms with van der Waals surface area (Å²) in [5.41, 5.74) is -0.0616. The number of aromatic nitrogens is 2. The van der Waals surface area contributed by atoms with Gasteiger partial charge in [-0.2, -0.15) is 0 Å². The van der Waals surface area contributed by atoms with E-state index in [1.807, 2.05) is 27.9 Å². The van der Waals surface area contributed by atoms with Crippen molar-refractivity contribution in [3.63, 3.8) is 0 Å². The molecule has 0 aliphatic carbocycles. The van der Waals surface area contributed by atoms with Gasteiger partial charge in [-0.1, -0.05) is 0 Å². The zero-order chi connectivity index (χ0) is 13.0. The summed E-state index contributed by atoms with van der Waals surface area (Å²) in [7, 11) is 4.02. The number of rotatable bonds is 5. The van der Waals surface area contributed by atoms with Crippen LogP contribution in [0.1, 0.15) is 26.8 Å². The van der Waals surface area contributed by atoms with E-state index in [2.05, 4.69) is 22.1 Å². The van der Waals surface area contributed by atoms with Crippen LogP contribution in [-0.2, 0) is 0 Å². The molecule has 0 saturated heterocycles. The average Bonchev–Trinajstić information content (AvgIpc) is 2.26. The maximum Gasteiger partial charge on any atom is 0.293 e. The van der Waals surface area contributed by atoms with Gasteiger partial charge in [0.05, 0.1) is 0 Å². The van der Waals surface area contributed by atoms with Crippen LogP contribution in [0.5, 0.6) is 0 Å². The third kappa shape index (κ3) is 3.56. The number of hydrogen-bond donors (Lipinski definition) is 1. The van der Waals surface area contributed by atoms with Crippen molar-refractivity contribution in [2.45, 2.75) is 32.9 Å². The highest BCUT2D eigenvalue weighted by molar-refractivity contribution is 5.31. The highest BCUT2D eigenvalue weighted by Crippen LogP contribution is 2.02. The third-order valence-electron chi connectivity index (χ3n) is 2.87. The van der Waals surface area contributed by atoms with E-state index in [0.717, 1.165) is 0 Å². The monoisotopic (exact) mass is 238 g/mol. The number of nitrogens with one attached hydrogen (secondary N) is 1. The molecule has 0 fully saturated rings. The number of hydrogen-bond acceptors (Lipinski definition) is 4. The molecule has 5 nitrogen and oxygen atoms in total. The molecule has 1 N–H and O–H groups in total. The quantitative estimate of drug-likeness (QED) is 0.837. The fourth-order valence-corrected chi connectivity index (χ4v) is 1.38. The molecule has 0 saturated carbocycles. The summed E-state index contributed by atoms with van der Waals surface area (Å²) in [5, 5.41) is 3.10. The Bertz CT molecular complexity index is 411. The van der Waals surface area contributed by atoms with Crippen molar-refractivity contribution in [3.05, 3.63) is 22.7 Å². The molecule has 1 aromatic heterocycles. The lowest BCUT2D eigenvalue weighted by Gasteiger charge is -2.20. The van der Waals surface area contributed by atoms with Crippen LogP contribution in [0.3, 0.4) is 0 Å². The van der Waals surface area contributed by atoms with Gasteiger partial charge in [-0.3, -0.25) is 4.79 Å². The Hall–Kier alpha value is -1.36. The van der Waals surface area contributed by atoms with E-state index in [1.54, 1.807) is 17.0 Å². The first-order valence-corrected chi connectivity index (χ1v) is 5.91. The molecule has 0 aliphatic rings. The molecular weight excluding hydrogens is 216 g/mol. The number of nitrogens with zero attached hydrogens (tertiary/aromatic N) is 3. The van der Waals surface area contributed by atoms with Gasteiger partial charge in [0.1, 0.15) is 0 Å². The Morgan fingerprint density at radius 3 is 2.59 bits per heavy atom. The van der Waals surface area contributed by atoms with Gasteiger partial charge in [0.25, 0.3) is 5.56 Å². The Labute approximate surface area is 102 Å². The fourth-order valence-electron chi connectivity index (χ4n) is 1.38. The molecule has 0 aliphatic heterocycles. The average molecular weight is 238 g/mol. The second-order valence-corrected chi connectivity index (χ2v) is 4.78. The SMILES string of the molecule is CC(CNc1nccn(C(C)C)c1=O)N(C)C. The van der Waals surface area contributed by atoms with Crippen LogP contribution in [0.2, 0.25) is 0 Å². The second kappa shape index (κ2) is 5.82. The molecule has 96 valence electrons. The summed E-state index contributed by atoms with van der Waals surface area (Å²) < 4.78 is 1.68. The first-order chi connectivity index (χ1) is 7.93. The van der Waals surface area contributed by atoms with Crippen molar-refractivity contribution in [1.82, 2.24) is 14.5 Å². The zero-order valence-corrected chi connectivity index (χ0v) is 11.3. The predicted octanol–water partition coefficient (Wildman–Crippen LogP) is 1.19. The summed E-state index contributed by atoms with van der Waals surface area (Å²) in [5.74, 6) is 0.426. The van der Waals surface area contributed by atoms with Gasteiger partial charge < -0.3 is 14.8 Å². The van der Waals surface area contributed by atoms with Crippen molar-refractivity contribution in [3.8, 4) is 0 Å². The van der Waals surface area contributed by atoms with Gasteiger partial charge in [0.2, 0.25) is 0 Å². The van der Waals surface area contributed by atoms with E-state index < -0.39 is 0 Å². The van der Waals surface area contributed by atoms with Crippen LogP contribution < -0.4 is 10.9 Å². The highest BCUT2D eigenvalue weighted by atomic mass is 16.1. The molecular formula is C12H22N4O. The molecule has 1 aromatic rings. The van der Waals surface area contributed by atoms with E-state index in [-0.39, 0.29) is 11.6 Å². The smallest absolute Gasteiger partial charge is 0.293 e. The van der Waals surface area contributed by atoms with Gasteiger partial charge >= 0.3 is 0 Å². The van der Waals surface area contributed by atoms with E-state index in [9.17, 15) is 4.79 Å². The molecule has 0 spiro atoms. The fraction of sp³-hybridized carbons (Fsp3) is 0.667. The van der Waals surface area contributed by atoms with Gasteiger partial charge in [0.15, 0.2) is 5.82 Å². The molecule has 0 amide bonds. The molecule has 1 unspecified atom stereocenters. The molecule has 1 heterocycles. The minimum absolute atomic E-state index is 0.0616. The van der Waals surface area contributed by atoms with Crippen molar-refractivity contribution in [1.29, 1.82) is 0 Å². The normalized spacial score (nSPS) is 13.1. The Morgan fingerprint density at radius 2 is 2.06 bits per heavy atom. The summed E-state index contributed by atoms with van der Waals surface area (Å²) >= 11 is 0. The van der Waals surface area contributed by atoms with Crippen molar-refractivity contribution in [2.24, 2.45) is 0 Å². The standard InChI is InChI=1S/C12H22N4O/c1-9(2)16-7-6-13-11(12(16)17)14-8-10(3)15(4)5/h6-7,9-10H,8H2,1-5H3,(H,13,14). The maximum atomic E-state index is 12.0. The topological polar surface area (TPSA) is 50.2 Å². The lowest BCUT2D eigenvalue weighted by atomic mass is 10.3. The number of anilines is 1. The van der Waals surface area contributed by atoms with Crippen LogP contribution in [0.4, 0.5) is 5.82 Å². The van der Waals surface area contributed by atoms with Crippen molar-refractivity contribution < 1.29 is 0 Å². The summed E-state index contributed by atoms with van der Waals surface area (Å²) in [6.45, 7) is 6.76. The van der Waals surface area contributed by atoms with Gasteiger partial charge in [-0.05, 0) is 34.9 Å². The van der Waals surface area contributed by atoms with Crippen molar-refractivity contribution >= 4 is 5.82 Å². The largest absolute Gasteiger partial charge is 0.364 e. The minimum atomic E-state index is -0.0616. The first kappa shape index (κ1) is 13.7. The number of likely N-dealkylation sites (N-methyl/N-ethyl adjacent to an activating group) is 1. The molecule has 17 heavy (non-hydrogen) atoms. The van der Waals surface area contributed by atoms with E-state index >= 15 is 0 Å². The van der Waals surface area contributed by atoms with Crippen LogP contribution in [0.15, 0.2) is 17.2 Å².